The summed E-state index contributed by atoms with van der Waals surface area (Å²) in [6, 6.07) is 12.7. The summed E-state index contributed by atoms with van der Waals surface area (Å²) in [5.74, 6) is 1.80. The molecule has 2 aromatic carbocycles. The predicted octanol–water partition coefficient (Wildman–Crippen LogP) is 10.2. The highest BCUT2D eigenvalue weighted by atomic mass is 16.5. The highest BCUT2D eigenvalue weighted by Gasteiger charge is 2.10. The second-order valence-electron chi connectivity index (χ2n) is 11.5. The second-order valence-corrected chi connectivity index (χ2v) is 11.5. The van der Waals surface area contributed by atoms with Crippen LogP contribution in [0, 0.1) is 0 Å². The molecule has 2 rings (SSSR count). The van der Waals surface area contributed by atoms with Gasteiger partial charge in [-0.15, -0.1) is 0 Å². The molecular weight excluding hydrogens is 496 g/mol. The van der Waals surface area contributed by atoms with Gasteiger partial charge in [0.15, 0.2) is 11.5 Å². The van der Waals surface area contributed by atoms with Gasteiger partial charge < -0.3 is 19.7 Å². The third-order valence-electron chi connectivity index (χ3n) is 7.95. The molecule has 0 heterocycles. The van der Waals surface area contributed by atoms with Gasteiger partial charge in [-0.25, -0.2) is 0 Å². The zero-order chi connectivity index (χ0) is 28.4. The van der Waals surface area contributed by atoms with E-state index in [0.717, 1.165) is 55.8 Å². The third kappa shape index (κ3) is 16.5. The molecule has 228 valence electrons. The summed E-state index contributed by atoms with van der Waals surface area (Å²) in [6.45, 7) is 2.18. The minimum Gasteiger partial charge on any atom is -0.490 e. The van der Waals surface area contributed by atoms with Crippen LogP contribution < -0.4 is 9.47 Å². The maximum Gasteiger partial charge on any atom is 0.168 e. The molecule has 0 bridgehead atoms. The Labute approximate surface area is 245 Å². The van der Waals surface area contributed by atoms with Crippen molar-refractivity contribution in [2.75, 3.05) is 26.4 Å². The van der Waals surface area contributed by atoms with Crippen molar-refractivity contribution in [2.45, 2.75) is 141 Å². The van der Waals surface area contributed by atoms with Gasteiger partial charge in [0.25, 0.3) is 0 Å². The molecule has 2 aromatic rings. The van der Waals surface area contributed by atoms with Crippen molar-refractivity contribution in [3.63, 3.8) is 0 Å². The first-order valence-corrected chi connectivity index (χ1v) is 16.9. The molecule has 4 heteroatoms. The summed E-state index contributed by atoms with van der Waals surface area (Å²) in [5, 5.41) is 20.0. The number of hydrogen-bond donors (Lipinski definition) is 2. The van der Waals surface area contributed by atoms with Crippen LogP contribution in [0.5, 0.6) is 11.5 Å². The van der Waals surface area contributed by atoms with Gasteiger partial charge in [-0.2, -0.15) is 0 Å². The summed E-state index contributed by atoms with van der Waals surface area (Å²) < 4.78 is 12.6. The van der Waals surface area contributed by atoms with Crippen molar-refractivity contribution in [2.24, 2.45) is 0 Å². The van der Waals surface area contributed by atoms with Crippen molar-refractivity contribution in [3.05, 3.63) is 36.4 Å². The van der Waals surface area contributed by atoms with Gasteiger partial charge in [-0.05, 0) is 37.1 Å². The lowest BCUT2D eigenvalue weighted by atomic mass is 10.1. The molecule has 4 nitrogen and oxygen atoms in total. The van der Waals surface area contributed by atoms with Crippen LogP contribution in [-0.4, -0.2) is 36.6 Å². The SMILES string of the molecule is OCCCCCCCCCCCCCOc1ccc2ccccc2c1OCCCCCCCCCCCCCO. The first-order valence-electron chi connectivity index (χ1n) is 16.9. The van der Waals surface area contributed by atoms with E-state index in [9.17, 15) is 0 Å². The average molecular weight is 557 g/mol. The van der Waals surface area contributed by atoms with Crippen LogP contribution in [0.1, 0.15) is 141 Å². The Hall–Kier alpha value is -1.78. The summed E-state index contributed by atoms with van der Waals surface area (Å²) in [5.41, 5.74) is 0. The van der Waals surface area contributed by atoms with Crippen molar-refractivity contribution in [3.8, 4) is 11.5 Å². The third-order valence-corrected chi connectivity index (χ3v) is 7.95. The van der Waals surface area contributed by atoms with Crippen molar-refractivity contribution < 1.29 is 19.7 Å². The van der Waals surface area contributed by atoms with Crippen LogP contribution in [0.4, 0.5) is 0 Å². The standard InChI is InChI=1S/C36H60O4/c37-29-21-15-11-7-3-1-5-9-13-17-23-31-39-35-28-27-33-25-19-20-26-34(33)36(35)40-32-24-18-14-10-6-2-4-8-12-16-22-30-38/h19-20,25-28,37-38H,1-18,21-24,29-32H2. The normalized spacial score (nSPS) is 11.3. The topological polar surface area (TPSA) is 58.9 Å². The summed E-state index contributed by atoms with van der Waals surface area (Å²) in [7, 11) is 0. The lowest BCUT2D eigenvalue weighted by Crippen LogP contribution is -2.03. The molecule has 0 radical (unpaired) electrons. The average Bonchev–Trinajstić information content (AvgIpc) is 2.98. The zero-order valence-corrected chi connectivity index (χ0v) is 25.6. The van der Waals surface area contributed by atoms with Crippen LogP contribution in [0.25, 0.3) is 10.8 Å². The summed E-state index contributed by atoms with van der Waals surface area (Å²) in [4.78, 5) is 0. The van der Waals surface area contributed by atoms with E-state index in [1.165, 1.54) is 121 Å². The molecule has 0 spiro atoms. The fourth-order valence-electron chi connectivity index (χ4n) is 5.45. The molecule has 0 fully saturated rings. The van der Waals surface area contributed by atoms with Crippen LogP contribution in [0.15, 0.2) is 36.4 Å². The molecular formula is C36H60O4. The van der Waals surface area contributed by atoms with Crippen LogP contribution in [-0.2, 0) is 0 Å². The number of rotatable bonds is 28. The zero-order valence-electron chi connectivity index (χ0n) is 25.6. The number of unbranched alkanes of at least 4 members (excludes halogenated alkanes) is 20. The number of fused-ring (bicyclic) bond motifs is 1. The fraction of sp³-hybridized carbons (Fsp3) is 0.722. The summed E-state index contributed by atoms with van der Waals surface area (Å²) in [6.07, 6.45) is 27.4. The van der Waals surface area contributed by atoms with Gasteiger partial charge in [0, 0.05) is 18.6 Å². The molecule has 0 aromatic heterocycles. The Balaban J connectivity index is 1.58. The molecule has 0 aliphatic carbocycles. The van der Waals surface area contributed by atoms with Crippen LogP contribution in [0.2, 0.25) is 0 Å². The monoisotopic (exact) mass is 556 g/mol. The number of hydrogen-bond acceptors (Lipinski definition) is 4. The van der Waals surface area contributed by atoms with Gasteiger partial charge in [0.2, 0.25) is 0 Å². The van der Waals surface area contributed by atoms with E-state index in [1.54, 1.807) is 0 Å². The molecule has 0 saturated carbocycles. The van der Waals surface area contributed by atoms with E-state index in [4.69, 9.17) is 19.7 Å². The number of aliphatic hydroxyl groups is 2. The quantitative estimate of drug-likeness (QED) is 0.102. The minimum atomic E-state index is 0.341. The Bertz CT molecular complexity index is 837. The molecule has 0 atom stereocenters. The van der Waals surface area contributed by atoms with Crippen LogP contribution in [0.3, 0.4) is 0 Å². The predicted molar refractivity (Wildman–Crippen MR) is 171 cm³/mol. The Morgan fingerprint density at radius 3 is 1.27 bits per heavy atom. The lowest BCUT2D eigenvalue weighted by Gasteiger charge is -2.15. The fourth-order valence-corrected chi connectivity index (χ4v) is 5.45. The lowest BCUT2D eigenvalue weighted by molar-refractivity contribution is 0.261. The van der Waals surface area contributed by atoms with Gasteiger partial charge in [0.1, 0.15) is 0 Å². The van der Waals surface area contributed by atoms with E-state index >= 15 is 0 Å². The van der Waals surface area contributed by atoms with Crippen LogP contribution >= 0.6 is 0 Å². The van der Waals surface area contributed by atoms with E-state index in [0.29, 0.717) is 13.2 Å². The first-order chi connectivity index (χ1) is 19.9. The Morgan fingerprint density at radius 1 is 0.400 bits per heavy atom. The van der Waals surface area contributed by atoms with E-state index in [1.807, 2.05) is 0 Å². The smallest absolute Gasteiger partial charge is 0.168 e. The van der Waals surface area contributed by atoms with E-state index < -0.39 is 0 Å². The van der Waals surface area contributed by atoms with Gasteiger partial charge in [-0.3, -0.25) is 0 Å². The van der Waals surface area contributed by atoms with E-state index in [2.05, 4.69) is 36.4 Å². The molecule has 2 N–H and O–H groups in total. The largest absolute Gasteiger partial charge is 0.490 e. The molecule has 40 heavy (non-hydrogen) atoms. The van der Waals surface area contributed by atoms with Crippen molar-refractivity contribution in [1.29, 1.82) is 0 Å². The van der Waals surface area contributed by atoms with Crippen molar-refractivity contribution >= 4 is 10.8 Å². The van der Waals surface area contributed by atoms with E-state index in [-0.39, 0.29) is 0 Å². The molecule has 0 amide bonds. The van der Waals surface area contributed by atoms with Gasteiger partial charge >= 0.3 is 0 Å². The minimum absolute atomic E-state index is 0.341. The Kier molecular flexibility index (Phi) is 21.5. The first kappa shape index (κ1) is 34.4. The second kappa shape index (κ2) is 25.0. The molecule has 0 aliphatic rings. The van der Waals surface area contributed by atoms with Gasteiger partial charge in [0.05, 0.1) is 13.2 Å². The highest BCUT2D eigenvalue weighted by Crippen LogP contribution is 2.36. The summed E-state index contributed by atoms with van der Waals surface area (Å²) >= 11 is 0. The number of benzene rings is 2. The number of ether oxygens (including phenoxy) is 2. The maximum absolute atomic E-state index is 8.84. The van der Waals surface area contributed by atoms with Gasteiger partial charge in [-0.1, -0.05) is 146 Å². The Morgan fingerprint density at radius 2 is 0.800 bits per heavy atom. The molecule has 0 aliphatic heterocycles. The van der Waals surface area contributed by atoms with Crippen molar-refractivity contribution in [1.82, 2.24) is 0 Å². The highest BCUT2D eigenvalue weighted by molar-refractivity contribution is 5.90. The molecule has 0 saturated heterocycles. The maximum atomic E-state index is 8.84. The number of aliphatic hydroxyl groups excluding tert-OH is 2. The molecule has 0 unspecified atom stereocenters.